The van der Waals surface area contributed by atoms with Gasteiger partial charge >= 0.3 is 0 Å². The van der Waals surface area contributed by atoms with Crippen LogP contribution in [0.5, 0.6) is 5.75 Å². The molecule has 2 nitrogen and oxygen atoms in total. The normalized spacial score (nSPS) is 14.7. The molecule has 1 N–H and O–H groups in total. The van der Waals surface area contributed by atoms with E-state index in [9.17, 15) is 0 Å². The molecule has 0 bridgehead atoms. The zero-order valence-electron chi connectivity index (χ0n) is 10.3. The van der Waals surface area contributed by atoms with Gasteiger partial charge in [0.2, 0.25) is 0 Å². The highest BCUT2D eigenvalue weighted by Gasteiger charge is 2.20. The summed E-state index contributed by atoms with van der Waals surface area (Å²) in [5, 5.41) is 5.61. The van der Waals surface area contributed by atoms with E-state index >= 15 is 0 Å². The number of hydrogen-bond acceptors (Lipinski definition) is 3. The molecule has 1 aliphatic rings. The van der Waals surface area contributed by atoms with Gasteiger partial charge in [0.05, 0.1) is 0 Å². The highest BCUT2D eigenvalue weighted by Crippen LogP contribution is 2.23. The predicted octanol–water partition coefficient (Wildman–Crippen LogP) is 3.58. The second-order valence-electron chi connectivity index (χ2n) is 4.63. The summed E-state index contributed by atoms with van der Waals surface area (Å²) in [6, 6.07) is 13.2. The largest absolute Gasteiger partial charge is 0.488 e. The van der Waals surface area contributed by atoms with Crippen LogP contribution in [0, 0.1) is 0 Å². The molecule has 3 rings (SSSR count). The molecule has 94 valence electrons. The van der Waals surface area contributed by atoms with Gasteiger partial charge in [-0.1, -0.05) is 24.3 Å². The quantitative estimate of drug-likeness (QED) is 0.856. The van der Waals surface area contributed by atoms with Crippen molar-refractivity contribution in [3.63, 3.8) is 0 Å². The Morgan fingerprint density at radius 1 is 1.17 bits per heavy atom. The summed E-state index contributed by atoms with van der Waals surface area (Å²) in [5.74, 6) is 0.999. The first-order chi connectivity index (χ1) is 8.92. The van der Waals surface area contributed by atoms with Crippen molar-refractivity contribution in [3.8, 4) is 5.75 Å². The van der Waals surface area contributed by atoms with E-state index in [0.717, 1.165) is 18.3 Å². The van der Waals surface area contributed by atoms with E-state index in [0.29, 0.717) is 6.61 Å². The summed E-state index contributed by atoms with van der Waals surface area (Å²) < 4.78 is 5.90. The fraction of sp³-hybridized carbons (Fsp3) is 0.333. The highest BCUT2D eigenvalue weighted by molar-refractivity contribution is 7.09. The molecule has 1 aromatic heterocycles. The van der Waals surface area contributed by atoms with Gasteiger partial charge in [-0.25, -0.2) is 0 Å². The van der Waals surface area contributed by atoms with Crippen LogP contribution in [0.2, 0.25) is 0 Å². The first kappa shape index (κ1) is 11.8. The van der Waals surface area contributed by atoms with Crippen LogP contribution in [0.15, 0.2) is 41.8 Å². The molecule has 1 heterocycles. The topological polar surface area (TPSA) is 21.3 Å². The van der Waals surface area contributed by atoms with Crippen molar-refractivity contribution >= 4 is 11.3 Å². The van der Waals surface area contributed by atoms with Crippen molar-refractivity contribution in [2.75, 3.05) is 0 Å². The molecule has 0 saturated heterocycles. The van der Waals surface area contributed by atoms with Crippen LogP contribution in [-0.2, 0) is 13.2 Å². The third kappa shape index (κ3) is 3.12. The number of hydrogen-bond donors (Lipinski definition) is 1. The first-order valence-corrected chi connectivity index (χ1v) is 7.26. The van der Waals surface area contributed by atoms with Crippen molar-refractivity contribution < 1.29 is 4.74 Å². The third-order valence-electron chi connectivity index (χ3n) is 3.08. The molecule has 1 fully saturated rings. The number of ether oxygens (including phenoxy) is 1. The van der Waals surface area contributed by atoms with Gasteiger partial charge in [-0.05, 0) is 30.4 Å². The summed E-state index contributed by atoms with van der Waals surface area (Å²) in [4.78, 5) is 1.26. The maximum absolute atomic E-state index is 5.90. The Morgan fingerprint density at radius 2 is 2.06 bits per heavy atom. The van der Waals surface area contributed by atoms with Crippen LogP contribution < -0.4 is 10.1 Å². The maximum Gasteiger partial charge on any atom is 0.124 e. The Morgan fingerprint density at radius 3 is 2.83 bits per heavy atom. The molecule has 0 unspecified atom stereocenters. The summed E-state index contributed by atoms with van der Waals surface area (Å²) >= 11 is 1.74. The number of para-hydroxylation sites is 1. The first-order valence-electron chi connectivity index (χ1n) is 6.38. The van der Waals surface area contributed by atoms with Gasteiger partial charge in [0.25, 0.3) is 0 Å². The third-order valence-corrected chi connectivity index (χ3v) is 3.93. The molecule has 18 heavy (non-hydrogen) atoms. The zero-order valence-corrected chi connectivity index (χ0v) is 11.1. The Balaban J connectivity index is 1.62. The lowest BCUT2D eigenvalue weighted by Crippen LogP contribution is -2.15. The fourth-order valence-electron chi connectivity index (χ4n) is 1.88. The SMILES string of the molecule is c1csc(COc2ccccc2CNC2CC2)c1. The minimum Gasteiger partial charge on any atom is -0.488 e. The van der Waals surface area contributed by atoms with Crippen molar-refractivity contribution in [1.29, 1.82) is 0 Å². The molecule has 1 aromatic carbocycles. The molecule has 0 atom stereocenters. The number of rotatable bonds is 6. The Hall–Kier alpha value is -1.32. The van der Waals surface area contributed by atoms with Gasteiger partial charge in [-0.3, -0.25) is 0 Å². The van der Waals surface area contributed by atoms with Crippen LogP contribution in [0.25, 0.3) is 0 Å². The lowest BCUT2D eigenvalue weighted by molar-refractivity contribution is 0.305. The minimum absolute atomic E-state index is 0.665. The van der Waals surface area contributed by atoms with Crippen LogP contribution in [0.1, 0.15) is 23.3 Å². The van der Waals surface area contributed by atoms with Crippen molar-refractivity contribution in [2.24, 2.45) is 0 Å². The van der Waals surface area contributed by atoms with Crippen LogP contribution in [-0.4, -0.2) is 6.04 Å². The van der Waals surface area contributed by atoms with E-state index in [4.69, 9.17) is 4.74 Å². The lowest BCUT2D eigenvalue weighted by atomic mass is 10.2. The van der Waals surface area contributed by atoms with E-state index in [1.807, 2.05) is 6.07 Å². The summed E-state index contributed by atoms with van der Waals surface area (Å²) in [5.41, 5.74) is 1.25. The molecule has 0 spiro atoms. The molecule has 0 aliphatic heterocycles. The molecule has 3 heteroatoms. The van der Waals surface area contributed by atoms with Gasteiger partial charge in [0, 0.05) is 23.0 Å². The number of benzene rings is 1. The summed E-state index contributed by atoms with van der Waals surface area (Å²) in [7, 11) is 0. The van der Waals surface area contributed by atoms with Gasteiger partial charge in [0.15, 0.2) is 0 Å². The van der Waals surface area contributed by atoms with Crippen molar-refractivity contribution in [3.05, 3.63) is 52.2 Å². The van der Waals surface area contributed by atoms with Crippen molar-refractivity contribution in [2.45, 2.75) is 32.0 Å². The van der Waals surface area contributed by atoms with Gasteiger partial charge in [-0.15, -0.1) is 11.3 Å². The average molecular weight is 259 g/mol. The smallest absolute Gasteiger partial charge is 0.124 e. The van der Waals surface area contributed by atoms with E-state index in [2.05, 4.69) is 41.0 Å². The second kappa shape index (κ2) is 5.55. The average Bonchev–Trinajstić information content (AvgIpc) is 3.09. The molecular formula is C15H17NOS. The van der Waals surface area contributed by atoms with E-state index in [-0.39, 0.29) is 0 Å². The second-order valence-corrected chi connectivity index (χ2v) is 5.66. The van der Waals surface area contributed by atoms with Gasteiger partial charge in [-0.2, -0.15) is 0 Å². The van der Waals surface area contributed by atoms with E-state index in [1.54, 1.807) is 11.3 Å². The number of thiophene rings is 1. The van der Waals surface area contributed by atoms with Gasteiger partial charge in [0.1, 0.15) is 12.4 Å². The fourth-order valence-corrected chi connectivity index (χ4v) is 2.49. The Bertz CT molecular complexity index is 491. The number of nitrogens with one attached hydrogen (secondary N) is 1. The van der Waals surface area contributed by atoms with Crippen molar-refractivity contribution in [1.82, 2.24) is 5.32 Å². The summed E-state index contributed by atoms with van der Waals surface area (Å²) in [6.45, 7) is 1.57. The standard InChI is InChI=1S/C15H17NOS/c1-2-6-15(17-11-14-5-3-9-18-14)12(4-1)10-16-13-7-8-13/h1-6,9,13,16H,7-8,10-11H2. The predicted molar refractivity (Wildman–Crippen MR) is 75.0 cm³/mol. The summed E-state index contributed by atoms with van der Waals surface area (Å²) in [6.07, 6.45) is 2.64. The maximum atomic E-state index is 5.90. The molecule has 2 aromatic rings. The van der Waals surface area contributed by atoms with Crippen LogP contribution >= 0.6 is 11.3 Å². The molecule has 0 radical (unpaired) electrons. The molecular weight excluding hydrogens is 242 g/mol. The minimum atomic E-state index is 0.665. The van der Waals surface area contributed by atoms with E-state index < -0.39 is 0 Å². The Labute approximate surface area is 112 Å². The molecule has 1 saturated carbocycles. The molecule has 1 aliphatic carbocycles. The van der Waals surface area contributed by atoms with Crippen LogP contribution in [0.4, 0.5) is 0 Å². The highest BCUT2D eigenvalue weighted by atomic mass is 32.1. The molecule has 0 amide bonds. The van der Waals surface area contributed by atoms with Gasteiger partial charge < -0.3 is 10.1 Å². The Kier molecular flexibility index (Phi) is 3.62. The lowest BCUT2D eigenvalue weighted by Gasteiger charge is -2.11. The monoisotopic (exact) mass is 259 g/mol. The zero-order chi connectivity index (χ0) is 12.2. The van der Waals surface area contributed by atoms with E-state index in [1.165, 1.54) is 23.3 Å². The van der Waals surface area contributed by atoms with Crippen LogP contribution in [0.3, 0.4) is 0 Å².